The van der Waals surface area contributed by atoms with Gasteiger partial charge in [-0.15, -0.1) is 0 Å². The lowest BCUT2D eigenvalue weighted by molar-refractivity contribution is 1.03. The minimum atomic E-state index is 0.722. The third kappa shape index (κ3) is 1.45. The van der Waals surface area contributed by atoms with E-state index in [2.05, 4.69) is 17.3 Å². The number of anilines is 1. The number of nitrogens with zero attached hydrogens (tertiary/aromatic N) is 1. The van der Waals surface area contributed by atoms with E-state index >= 15 is 0 Å². The van der Waals surface area contributed by atoms with Crippen LogP contribution in [0.4, 0.5) is 5.82 Å². The van der Waals surface area contributed by atoms with Crippen LogP contribution in [-0.2, 0) is 6.42 Å². The van der Waals surface area contributed by atoms with Crippen molar-refractivity contribution in [3.63, 3.8) is 0 Å². The van der Waals surface area contributed by atoms with E-state index in [1.807, 2.05) is 18.2 Å². The molecule has 1 aromatic rings. The van der Waals surface area contributed by atoms with Crippen LogP contribution < -0.4 is 11.3 Å². The van der Waals surface area contributed by atoms with Gasteiger partial charge in [0, 0.05) is 5.69 Å². The summed E-state index contributed by atoms with van der Waals surface area (Å²) < 4.78 is 0. The number of hydrogen-bond donors (Lipinski definition) is 2. The van der Waals surface area contributed by atoms with Gasteiger partial charge in [-0.2, -0.15) is 0 Å². The Bertz CT molecular complexity index is 191. The van der Waals surface area contributed by atoms with Gasteiger partial charge in [-0.05, 0) is 18.6 Å². The summed E-state index contributed by atoms with van der Waals surface area (Å²) in [6, 6.07) is 5.74. The highest BCUT2D eigenvalue weighted by Crippen LogP contribution is 2.02. The largest absolute Gasteiger partial charge is 0.308 e. The highest BCUT2D eigenvalue weighted by molar-refractivity contribution is 5.33. The first-order valence-electron chi connectivity index (χ1n) is 3.29. The summed E-state index contributed by atoms with van der Waals surface area (Å²) in [4.78, 5) is 4.17. The van der Waals surface area contributed by atoms with E-state index in [-0.39, 0.29) is 0 Å². The lowest BCUT2D eigenvalue weighted by atomic mass is 10.3. The van der Waals surface area contributed by atoms with E-state index in [4.69, 9.17) is 5.84 Å². The molecule has 1 aromatic heterocycles. The minimum Gasteiger partial charge on any atom is -0.308 e. The lowest BCUT2D eigenvalue weighted by Gasteiger charge is -1.99. The van der Waals surface area contributed by atoms with Gasteiger partial charge in [-0.3, -0.25) is 0 Å². The molecule has 1 rings (SSSR count). The van der Waals surface area contributed by atoms with Crippen LogP contribution in [0.2, 0.25) is 0 Å². The topological polar surface area (TPSA) is 50.9 Å². The second-order valence-corrected chi connectivity index (χ2v) is 2.01. The summed E-state index contributed by atoms with van der Waals surface area (Å²) in [6.45, 7) is 2.06. The fraction of sp³-hybridized carbons (Fsp3) is 0.286. The molecule has 54 valence electrons. The predicted molar refractivity (Wildman–Crippen MR) is 41.4 cm³/mol. The molecule has 10 heavy (non-hydrogen) atoms. The first kappa shape index (κ1) is 7.02. The summed E-state index contributed by atoms with van der Waals surface area (Å²) in [5, 5.41) is 0. The van der Waals surface area contributed by atoms with Crippen LogP contribution in [0.3, 0.4) is 0 Å². The van der Waals surface area contributed by atoms with Gasteiger partial charge in [0.2, 0.25) is 0 Å². The number of nitrogen functional groups attached to an aromatic ring is 1. The maximum atomic E-state index is 5.16. The van der Waals surface area contributed by atoms with Gasteiger partial charge in [0.15, 0.2) is 0 Å². The van der Waals surface area contributed by atoms with Crippen molar-refractivity contribution in [1.82, 2.24) is 4.98 Å². The van der Waals surface area contributed by atoms with E-state index in [0.29, 0.717) is 0 Å². The number of hydrogen-bond acceptors (Lipinski definition) is 3. The molecule has 3 nitrogen and oxygen atoms in total. The van der Waals surface area contributed by atoms with Gasteiger partial charge in [0.05, 0.1) is 0 Å². The molecule has 3 N–H and O–H groups in total. The zero-order valence-electron chi connectivity index (χ0n) is 5.96. The average molecular weight is 137 g/mol. The highest BCUT2D eigenvalue weighted by atomic mass is 15.2. The van der Waals surface area contributed by atoms with Crippen LogP contribution in [0.15, 0.2) is 18.2 Å². The molecule has 3 heteroatoms. The smallest absolute Gasteiger partial charge is 0.140 e. The Kier molecular flexibility index (Phi) is 2.23. The molecule has 0 aromatic carbocycles. The van der Waals surface area contributed by atoms with Crippen molar-refractivity contribution in [1.29, 1.82) is 0 Å². The normalized spacial score (nSPS) is 9.40. The van der Waals surface area contributed by atoms with Crippen LogP contribution >= 0.6 is 0 Å². The Balaban J connectivity index is 2.87. The minimum absolute atomic E-state index is 0.722. The van der Waals surface area contributed by atoms with Crippen molar-refractivity contribution in [3.8, 4) is 0 Å². The Morgan fingerprint density at radius 1 is 1.60 bits per heavy atom. The maximum Gasteiger partial charge on any atom is 0.140 e. The van der Waals surface area contributed by atoms with Gasteiger partial charge in [0.25, 0.3) is 0 Å². The molecule has 1 heterocycles. The molecule has 0 amide bonds. The number of rotatable bonds is 2. The van der Waals surface area contributed by atoms with Crippen LogP contribution in [0.25, 0.3) is 0 Å². The fourth-order valence-corrected chi connectivity index (χ4v) is 0.757. The molecule has 0 aliphatic heterocycles. The van der Waals surface area contributed by atoms with Gasteiger partial charge in [0.1, 0.15) is 5.82 Å². The van der Waals surface area contributed by atoms with Gasteiger partial charge in [-0.25, -0.2) is 10.8 Å². The van der Waals surface area contributed by atoms with Crippen molar-refractivity contribution in [2.75, 3.05) is 5.43 Å². The molecule has 0 aliphatic carbocycles. The molecule has 0 fully saturated rings. The van der Waals surface area contributed by atoms with Crippen molar-refractivity contribution in [2.24, 2.45) is 5.84 Å². The second kappa shape index (κ2) is 3.17. The molecule has 0 saturated heterocycles. The number of hydrazine groups is 1. The van der Waals surface area contributed by atoms with Gasteiger partial charge in [-0.1, -0.05) is 13.0 Å². The standard InChI is InChI=1S/C7H11N3/c1-2-6-4-3-5-7(9-6)10-8/h3-5H,2,8H2,1H3,(H,9,10). The Morgan fingerprint density at radius 3 is 3.00 bits per heavy atom. The number of pyridine rings is 1. The summed E-state index contributed by atoms with van der Waals surface area (Å²) in [6.07, 6.45) is 0.940. The third-order valence-electron chi connectivity index (χ3n) is 1.32. The first-order valence-corrected chi connectivity index (χ1v) is 3.29. The number of nitrogens with two attached hydrogens (primary N) is 1. The van der Waals surface area contributed by atoms with Gasteiger partial charge < -0.3 is 5.43 Å². The molecule has 0 bridgehead atoms. The quantitative estimate of drug-likeness (QED) is 0.471. The average Bonchev–Trinajstić information content (AvgIpc) is 2.05. The molecular formula is C7H11N3. The summed E-state index contributed by atoms with van der Waals surface area (Å²) in [5.74, 6) is 5.88. The molecular weight excluding hydrogens is 126 g/mol. The molecule has 0 spiro atoms. The first-order chi connectivity index (χ1) is 4.86. The van der Waals surface area contributed by atoms with Crippen molar-refractivity contribution < 1.29 is 0 Å². The molecule has 0 unspecified atom stereocenters. The predicted octanol–water partition coefficient (Wildman–Crippen LogP) is 0.930. The van der Waals surface area contributed by atoms with Gasteiger partial charge >= 0.3 is 0 Å². The summed E-state index contributed by atoms with van der Waals surface area (Å²) in [7, 11) is 0. The van der Waals surface area contributed by atoms with E-state index in [9.17, 15) is 0 Å². The number of nitrogens with one attached hydrogen (secondary N) is 1. The van der Waals surface area contributed by atoms with Crippen LogP contribution in [0, 0.1) is 0 Å². The second-order valence-electron chi connectivity index (χ2n) is 2.01. The molecule has 0 radical (unpaired) electrons. The van der Waals surface area contributed by atoms with E-state index in [1.165, 1.54) is 0 Å². The van der Waals surface area contributed by atoms with Crippen LogP contribution in [-0.4, -0.2) is 4.98 Å². The molecule has 0 atom stereocenters. The van der Waals surface area contributed by atoms with E-state index in [1.54, 1.807) is 0 Å². The Morgan fingerprint density at radius 2 is 2.40 bits per heavy atom. The third-order valence-corrected chi connectivity index (χ3v) is 1.32. The zero-order chi connectivity index (χ0) is 7.40. The highest BCUT2D eigenvalue weighted by Gasteiger charge is 1.90. The van der Waals surface area contributed by atoms with Crippen LogP contribution in [0.1, 0.15) is 12.6 Å². The number of aryl methyl sites for hydroxylation is 1. The SMILES string of the molecule is CCc1cccc(NN)n1. The van der Waals surface area contributed by atoms with E-state index in [0.717, 1.165) is 17.9 Å². The van der Waals surface area contributed by atoms with E-state index < -0.39 is 0 Å². The fourth-order valence-electron chi connectivity index (χ4n) is 0.757. The monoisotopic (exact) mass is 137 g/mol. The zero-order valence-corrected chi connectivity index (χ0v) is 5.96. The van der Waals surface area contributed by atoms with Crippen LogP contribution in [0.5, 0.6) is 0 Å². The molecule has 0 aliphatic rings. The Hall–Kier alpha value is -1.09. The van der Waals surface area contributed by atoms with Crippen molar-refractivity contribution >= 4 is 5.82 Å². The summed E-state index contributed by atoms with van der Waals surface area (Å²) >= 11 is 0. The summed E-state index contributed by atoms with van der Waals surface area (Å²) in [5.41, 5.74) is 3.54. The maximum absolute atomic E-state index is 5.16. The molecule has 0 saturated carbocycles. The van der Waals surface area contributed by atoms with Crippen molar-refractivity contribution in [3.05, 3.63) is 23.9 Å². The lowest BCUT2D eigenvalue weighted by Crippen LogP contribution is -2.08. The number of aromatic nitrogens is 1. The van der Waals surface area contributed by atoms with Crippen molar-refractivity contribution in [2.45, 2.75) is 13.3 Å². The Labute approximate surface area is 60.2 Å².